The third-order valence-corrected chi connectivity index (χ3v) is 4.70. The number of carbonyl (C=O) groups is 2. The standard InChI is InChI=1S/C22H21N5O4/c1-30-20-11-5-3-9-18(20)23-21(28)14-26(13-16-7-6-12-31-16)22(29)15-27-19-10-4-2-8-17(19)24-25-27/h2-12H,13-15H2,1H3,(H,23,28). The van der Waals surface area contributed by atoms with Crippen LogP contribution >= 0.6 is 0 Å². The lowest BCUT2D eigenvalue weighted by Gasteiger charge is -2.21. The Hall–Kier alpha value is -4.14. The maximum absolute atomic E-state index is 13.1. The van der Waals surface area contributed by atoms with Gasteiger partial charge in [0.1, 0.15) is 30.1 Å². The van der Waals surface area contributed by atoms with Crippen molar-refractivity contribution in [1.29, 1.82) is 0 Å². The van der Waals surface area contributed by atoms with Crippen LogP contribution in [-0.4, -0.2) is 45.4 Å². The van der Waals surface area contributed by atoms with Crippen molar-refractivity contribution in [1.82, 2.24) is 19.9 Å². The molecule has 9 nitrogen and oxygen atoms in total. The Labute approximate surface area is 178 Å². The summed E-state index contributed by atoms with van der Waals surface area (Å²) in [6, 6.07) is 17.9. The summed E-state index contributed by atoms with van der Waals surface area (Å²) in [5.41, 5.74) is 1.97. The molecule has 0 atom stereocenters. The van der Waals surface area contributed by atoms with Crippen LogP contribution in [0.5, 0.6) is 5.75 Å². The molecule has 2 amide bonds. The summed E-state index contributed by atoms with van der Waals surface area (Å²) in [4.78, 5) is 27.2. The van der Waals surface area contributed by atoms with E-state index < -0.39 is 0 Å². The number of amides is 2. The number of furan rings is 1. The van der Waals surface area contributed by atoms with Gasteiger partial charge in [0, 0.05) is 0 Å². The van der Waals surface area contributed by atoms with Gasteiger partial charge in [0.2, 0.25) is 11.8 Å². The van der Waals surface area contributed by atoms with Gasteiger partial charge in [-0.2, -0.15) is 0 Å². The molecule has 0 radical (unpaired) electrons. The molecule has 2 aromatic carbocycles. The van der Waals surface area contributed by atoms with Gasteiger partial charge < -0.3 is 19.4 Å². The number of carbonyl (C=O) groups excluding carboxylic acids is 2. The lowest BCUT2D eigenvalue weighted by molar-refractivity contribution is -0.136. The topological polar surface area (TPSA) is 102 Å². The Balaban J connectivity index is 1.51. The Bertz CT molecular complexity index is 1190. The Morgan fingerprint density at radius 2 is 1.90 bits per heavy atom. The predicted molar refractivity (Wildman–Crippen MR) is 113 cm³/mol. The Kier molecular flexibility index (Phi) is 5.93. The number of ether oxygens (including phenoxy) is 1. The normalized spacial score (nSPS) is 10.7. The SMILES string of the molecule is COc1ccccc1NC(=O)CN(Cc1ccco1)C(=O)Cn1nnc2ccccc21. The number of hydrogen-bond donors (Lipinski definition) is 1. The number of hydrogen-bond acceptors (Lipinski definition) is 6. The molecular weight excluding hydrogens is 398 g/mol. The second-order valence-corrected chi connectivity index (χ2v) is 6.81. The number of para-hydroxylation sites is 3. The molecule has 0 bridgehead atoms. The molecule has 2 heterocycles. The molecule has 0 aliphatic rings. The summed E-state index contributed by atoms with van der Waals surface area (Å²) in [7, 11) is 1.53. The van der Waals surface area contributed by atoms with E-state index in [-0.39, 0.29) is 31.4 Å². The summed E-state index contributed by atoms with van der Waals surface area (Å²) in [5.74, 6) is 0.464. The lowest BCUT2D eigenvalue weighted by Crippen LogP contribution is -2.39. The summed E-state index contributed by atoms with van der Waals surface area (Å²) in [6.45, 7) is -0.0643. The summed E-state index contributed by atoms with van der Waals surface area (Å²) in [6.07, 6.45) is 1.53. The summed E-state index contributed by atoms with van der Waals surface area (Å²) in [5, 5.41) is 10.9. The van der Waals surface area contributed by atoms with E-state index in [4.69, 9.17) is 9.15 Å². The van der Waals surface area contributed by atoms with Crippen LogP contribution in [0.25, 0.3) is 11.0 Å². The van der Waals surface area contributed by atoms with E-state index in [9.17, 15) is 9.59 Å². The smallest absolute Gasteiger partial charge is 0.245 e. The maximum atomic E-state index is 13.1. The van der Waals surface area contributed by atoms with Crippen molar-refractivity contribution in [2.45, 2.75) is 13.1 Å². The third-order valence-electron chi connectivity index (χ3n) is 4.70. The first-order chi connectivity index (χ1) is 15.1. The lowest BCUT2D eigenvalue weighted by atomic mass is 10.3. The molecule has 1 N–H and O–H groups in total. The van der Waals surface area contributed by atoms with Gasteiger partial charge >= 0.3 is 0 Å². The minimum atomic E-state index is -0.354. The average molecular weight is 419 g/mol. The Morgan fingerprint density at radius 3 is 2.71 bits per heavy atom. The van der Waals surface area contributed by atoms with Crippen LogP contribution in [0.15, 0.2) is 71.3 Å². The number of fused-ring (bicyclic) bond motifs is 1. The van der Waals surface area contributed by atoms with Gasteiger partial charge in [-0.25, -0.2) is 4.68 Å². The van der Waals surface area contributed by atoms with E-state index in [1.54, 1.807) is 30.3 Å². The van der Waals surface area contributed by atoms with Gasteiger partial charge in [0.05, 0.1) is 31.1 Å². The van der Waals surface area contributed by atoms with Crippen LogP contribution in [0.4, 0.5) is 5.69 Å². The molecule has 0 aliphatic carbocycles. The van der Waals surface area contributed by atoms with Crippen molar-refractivity contribution in [2.24, 2.45) is 0 Å². The monoisotopic (exact) mass is 419 g/mol. The van der Waals surface area contributed by atoms with Crippen LogP contribution in [0.3, 0.4) is 0 Å². The minimum Gasteiger partial charge on any atom is -0.495 e. The van der Waals surface area contributed by atoms with Crippen LogP contribution in [-0.2, 0) is 22.7 Å². The molecule has 31 heavy (non-hydrogen) atoms. The minimum absolute atomic E-state index is 0.0524. The van der Waals surface area contributed by atoms with E-state index in [2.05, 4.69) is 15.6 Å². The highest BCUT2D eigenvalue weighted by molar-refractivity contribution is 5.95. The summed E-state index contributed by atoms with van der Waals surface area (Å²) >= 11 is 0. The molecule has 0 spiro atoms. The van der Waals surface area contributed by atoms with E-state index in [0.717, 1.165) is 5.52 Å². The van der Waals surface area contributed by atoms with Crippen LogP contribution in [0.1, 0.15) is 5.76 Å². The van der Waals surface area contributed by atoms with Gasteiger partial charge in [0.15, 0.2) is 0 Å². The second kappa shape index (κ2) is 9.12. The molecule has 0 fully saturated rings. The maximum Gasteiger partial charge on any atom is 0.245 e. The van der Waals surface area contributed by atoms with Gasteiger partial charge in [-0.3, -0.25) is 9.59 Å². The fraction of sp³-hybridized carbons (Fsp3) is 0.182. The molecule has 4 aromatic rings. The van der Waals surface area contributed by atoms with Gasteiger partial charge in [-0.05, 0) is 36.4 Å². The van der Waals surface area contributed by atoms with E-state index >= 15 is 0 Å². The van der Waals surface area contributed by atoms with Crippen LogP contribution in [0.2, 0.25) is 0 Å². The predicted octanol–water partition coefficient (Wildman–Crippen LogP) is 2.70. The Morgan fingerprint density at radius 1 is 1.10 bits per heavy atom. The van der Waals surface area contributed by atoms with Crippen molar-refractivity contribution in [3.05, 3.63) is 72.7 Å². The third kappa shape index (κ3) is 4.72. The largest absolute Gasteiger partial charge is 0.495 e. The zero-order chi connectivity index (χ0) is 21.6. The molecule has 4 rings (SSSR count). The van der Waals surface area contributed by atoms with Crippen molar-refractivity contribution in [2.75, 3.05) is 19.0 Å². The number of rotatable bonds is 8. The number of aromatic nitrogens is 3. The molecular formula is C22H21N5O4. The highest BCUT2D eigenvalue weighted by atomic mass is 16.5. The molecule has 2 aromatic heterocycles. The number of nitrogens with zero attached hydrogens (tertiary/aromatic N) is 4. The van der Waals surface area contributed by atoms with Gasteiger partial charge in [-0.1, -0.05) is 29.5 Å². The first kappa shape index (κ1) is 20.1. The highest BCUT2D eigenvalue weighted by Gasteiger charge is 2.21. The fourth-order valence-corrected chi connectivity index (χ4v) is 3.20. The van der Waals surface area contributed by atoms with E-state index in [1.165, 1.54) is 23.0 Å². The van der Waals surface area contributed by atoms with E-state index in [0.29, 0.717) is 22.7 Å². The quantitative estimate of drug-likeness (QED) is 0.471. The number of nitrogens with one attached hydrogen (secondary N) is 1. The molecule has 0 saturated heterocycles. The van der Waals surface area contributed by atoms with Crippen molar-refractivity contribution in [3.8, 4) is 5.75 Å². The van der Waals surface area contributed by atoms with Crippen LogP contribution in [0, 0.1) is 0 Å². The first-order valence-corrected chi connectivity index (χ1v) is 9.65. The molecule has 0 aliphatic heterocycles. The molecule has 158 valence electrons. The van der Waals surface area contributed by atoms with Gasteiger partial charge in [0.25, 0.3) is 0 Å². The summed E-state index contributed by atoms with van der Waals surface area (Å²) < 4.78 is 12.2. The zero-order valence-electron chi connectivity index (χ0n) is 16.9. The number of anilines is 1. The van der Waals surface area contributed by atoms with Crippen molar-refractivity contribution < 1.29 is 18.7 Å². The van der Waals surface area contributed by atoms with Crippen LogP contribution < -0.4 is 10.1 Å². The van der Waals surface area contributed by atoms with Gasteiger partial charge in [-0.15, -0.1) is 5.10 Å². The number of methoxy groups -OCH3 is 1. The van der Waals surface area contributed by atoms with Crippen molar-refractivity contribution in [3.63, 3.8) is 0 Å². The average Bonchev–Trinajstić information content (AvgIpc) is 3.44. The number of benzene rings is 2. The molecule has 9 heteroatoms. The van der Waals surface area contributed by atoms with Crippen molar-refractivity contribution >= 4 is 28.5 Å². The molecule has 0 unspecified atom stereocenters. The second-order valence-electron chi connectivity index (χ2n) is 6.81. The highest BCUT2D eigenvalue weighted by Crippen LogP contribution is 2.23. The van der Waals surface area contributed by atoms with E-state index in [1.807, 2.05) is 30.3 Å². The molecule has 0 saturated carbocycles. The first-order valence-electron chi connectivity index (χ1n) is 9.65. The fourth-order valence-electron chi connectivity index (χ4n) is 3.20. The zero-order valence-corrected chi connectivity index (χ0v) is 16.9.